The molecule has 2 aromatic carbocycles. The van der Waals surface area contributed by atoms with Crippen molar-refractivity contribution in [1.82, 2.24) is 15.1 Å². The Morgan fingerprint density at radius 2 is 1.45 bits per heavy atom. The first-order valence-corrected chi connectivity index (χ1v) is 14.2. The number of piperazine rings is 1. The van der Waals surface area contributed by atoms with Crippen molar-refractivity contribution in [2.24, 2.45) is 0 Å². The second-order valence-electron chi connectivity index (χ2n) is 10.8. The Kier molecular flexibility index (Phi) is 10.4. The van der Waals surface area contributed by atoms with E-state index in [4.69, 9.17) is 4.74 Å². The van der Waals surface area contributed by atoms with E-state index >= 15 is 0 Å². The molecule has 0 bridgehead atoms. The van der Waals surface area contributed by atoms with E-state index in [0.717, 1.165) is 49.6 Å². The van der Waals surface area contributed by atoms with Crippen molar-refractivity contribution in [1.29, 1.82) is 0 Å². The second kappa shape index (κ2) is 13.6. The Morgan fingerprint density at radius 1 is 0.850 bits per heavy atom. The van der Waals surface area contributed by atoms with Crippen LogP contribution in [0.25, 0.3) is 0 Å². The van der Waals surface area contributed by atoms with E-state index in [1.165, 1.54) is 38.5 Å². The largest absolute Gasteiger partial charge is 0.496 e. The number of alkyl halides is 6. The maximum Gasteiger partial charge on any atom is 0.416 e. The van der Waals surface area contributed by atoms with Crippen molar-refractivity contribution in [3.05, 3.63) is 64.7 Å². The maximum absolute atomic E-state index is 13.3. The summed E-state index contributed by atoms with van der Waals surface area (Å²) in [7, 11) is 1.62. The highest BCUT2D eigenvalue weighted by molar-refractivity contribution is 5.36. The third-order valence-electron chi connectivity index (χ3n) is 8.20. The molecule has 10 heteroatoms. The van der Waals surface area contributed by atoms with Crippen LogP contribution in [-0.2, 0) is 18.8 Å². The van der Waals surface area contributed by atoms with Crippen LogP contribution >= 0.6 is 0 Å². The van der Waals surface area contributed by atoms with Crippen molar-refractivity contribution >= 4 is 0 Å². The molecular weight excluding hydrogens is 532 g/mol. The summed E-state index contributed by atoms with van der Waals surface area (Å²) in [5.74, 6) is 0.758. The van der Waals surface area contributed by atoms with Crippen molar-refractivity contribution in [2.75, 3.05) is 46.4 Å². The van der Waals surface area contributed by atoms with Gasteiger partial charge in [0, 0.05) is 44.3 Å². The van der Waals surface area contributed by atoms with Crippen molar-refractivity contribution in [3.8, 4) is 5.75 Å². The number of benzene rings is 2. The summed E-state index contributed by atoms with van der Waals surface area (Å²) < 4.78 is 85.2. The van der Waals surface area contributed by atoms with Crippen LogP contribution in [0.2, 0.25) is 0 Å². The molecule has 1 heterocycles. The van der Waals surface area contributed by atoms with Gasteiger partial charge >= 0.3 is 12.4 Å². The van der Waals surface area contributed by atoms with E-state index in [9.17, 15) is 26.3 Å². The number of halogens is 6. The van der Waals surface area contributed by atoms with Crippen LogP contribution in [0, 0.1) is 0 Å². The third-order valence-corrected chi connectivity index (χ3v) is 8.20. The Labute approximate surface area is 232 Å². The van der Waals surface area contributed by atoms with Crippen LogP contribution in [0.5, 0.6) is 5.75 Å². The van der Waals surface area contributed by atoms with E-state index in [2.05, 4.69) is 15.1 Å². The molecule has 1 atom stereocenters. The fraction of sp³-hybridized carbons (Fsp3) is 0.600. The first-order valence-electron chi connectivity index (χ1n) is 14.2. The third kappa shape index (κ3) is 8.13. The average molecular weight is 572 g/mol. The summed E-state index contributed by atoms with van der Waals surface area (Å²) >= 11 is 0. The molecular formula is C30H39F6N3O. The first kappa shape index (κ1) is 30.7. The van der Waals surface area contributed by atoms with Crippen molar-refractivity contribution in [3.63, 3.8) is 0 Å². The van der Waals surface area contributed by atoms with Gasteiger partial charge in [0.2, 0.25) is 0 Å². The van der Waals surface area contributed by atoms with Crippen LogP contribution in [0.1, 0.15) is 66.8 Å². The number of methoxy groups -OCH3 is 1. The molecule has 1 unspecified atom stereocenters. The molecule has 1 N–H and O–H groups in total. The normalized spacial score (nSPS) is 19.4. The Balaban J connectivity index is 1.43. The molecule has 4 rings (SSSR count). The summed E-state index contributed by atoms with van der Waals surface area (Å²) in [5.41, 5.74) is -1.55. The summed E-state index contributed by atoms with van der Waals surface area (Å²) in [6.07, 6.45) is -1.95. The molecule has 2 fully saturated rings. The number of para-hydroxylation sites is 1. The molecule has 40 heavy (non-hydrogen) atoms. The SMILES string of the molecule is COc1ccccc1C(CNCCc1cc(C(F)(F)F)cc(C(F)(F)F)c1)N1CCN(C2CCCCCC2)CC1. The molecule has 1 saturated carbocycles. The molecule has 1 aliphatic heterocycles. The molecule has 1 saturated heterocycles. The molecule has 0 spiro atoms. The van der Waals surface area contributed by atoms with E-state index in [0.29, 0.717) is 12.6 Å². The number of nitrogens with zero attached hydrogens (tertiary/aromatic N) is 2. The predicted octanol–water partition coefficient (Wildman–Crippen LogP) is 6.95. The van der Waals surface area contributed by atoms with Gasteiger partial charge in [0.25, 0.3) is 0 Å². The fourth-order valence-electron chi connectivity index (χ4n) is 6.05. The molecule has 4 nitrogen and oxygen atoms in total. The number of hydrogen-bond acceptors (Lipinski definition) is 4. The number of hydrogen-bond donors (Lipinski definition) is 1. The summed E-state index contributed by atoms with van der Waals surface area (Å²) in [4.78, 5) is 5.02. The van der Waals surface area contributed by atoms with Gasteiger partial charge in [0.1, 0.15) is 5.75 Å². The lowest BCUT2D eigenvalue weighted by Crippen LogP contribution is -2.52. The zero-order chi connectivity index (χ0) is 28.8. The van der Waals surface area contributed by atoms with Gasteiger partial charge in [0.15, 0.2) is 0 Å². The molecule has 0 aromatic heterocycles. The lowest BCUT2D eigenvalue weighted by molar-refractivity contribution is -0.143. The summed E-state index contributed by atoms with van der Waals surface area (Å²) in [6.45, 7) is 4.44. The van der Waals surface area contributed by atoms with Gasteiger partial charge in [-0.05, 0) is 55.6 Å². The van der Waals surface area contributed by atoms with Crippen LogP contribution in [0.4, 0.5) is 26.3 Å². The highest BCUT2D eigenvalue weighted by Crippen LogP contribution is 2.36. The lowest BCUT2D eigenvalue weighted by Gasteiger charge is -2.42. The molecule has 1 aliphatic carbocycles. The lowest BCUT2D eigenvalue weighted by atomic mass is 10.0. The minimum atomic E-state index is -4.85. The van der Waals surface area contributed by atoms with Crippen LogP contribution in [0.15, 0.2) is 42.5 Å². The van der Waals surface area contributed by atoms with Gasteiger partial charge in [-0.1, -0.05) is 43.9 Å². The van der Waals surface area contributed by atoms with E-state index in [1.807, 2.05) is 24.3 Å². The topological polar surface area (TPSA) is 27.7 Å². The second-order valence-corrected chi connectivity index (χ2v) is 10.8. The first-order chi connectivity index (χ1) is 19.1. The van der Waals surface area contributed by atoms with E-state index in [1.54, 1.807) is 7.11 Å². The van der Waals surface area contributed by atoms with Gasteiger partial charge in [-0.15, -0.1) is 0 Å². The fourth-order valence-corrected chi connectivity index (χ4v) is 6.05. The van der Waals surface area contributed by atoms with E-state index in [-0.39, 0.29) is 30.6 Å². The quantitative estimate of drug-likeness (QED) is 0.200. The van der Waals surface area contributed by atoms with Crippen molar-refractivity contribution in [2.45, 2.75) is 69.4 Å². The van der Waals surface area contributed by atoms with Crippen LogP contribution in [0.3, 0.4) is 0 Å². The van der Waals surface area contributed by atoms with Gasteiger partial charge in [0.05, 0.1) is 24.3 Å². The summed E-state index contributed by atoms with van der Waals surface area (Å²) in [5, 5.41) is 3.31. The van der Waals surface area contributed by atoms with Crippen LogP contribution < -0.4 is 10.1 Å². The van der Waals surface area contributed by atoms with Gasteiger partial charge in [-0.25, -0.2) is 0 Å². The molecule has 222 valence electrons. The van der Waals surface area contributed by atoms with Gasteiger partial charge in [-0.2, -0.15) is 26.3 Å². The Hall–Kier alpha value is -2.30. The minimum absolute atomic E-state index is 0.000469. The predicted molar refractivity (Wildman–Crippen MR) is 143 cm³/mol. The van der Waals surface area contributed by atoms with Crippen LogP contribution in [-0.4, -0.2) is 62.2 Å². The van der Waals surface area contributed by atoms with Crippen molar-refractivity contribution < 1.29 is 31.1 Å². The molecule has 0 radical (unpaired) electrons. The maximum atomic E-state index is 13.3. The minimum Gasteiger partial charge on any atom is -0.496 e. The monoisotopic (exact) mass is 571 g/mol. The number of rotatable bonds is 9. The zero-order valence-corrected chi connectivity index (χ0v) is 23.0. The van der Waals surface area contributed by atoms with E-state index < -0.39 is 23.5 Å². The molecule has 2 aromatic rings. The standard InChI is InChI=1S/C30H39F6N3O/c1-40-28-11-7-6-10-26(28)27(39-16-14-38(15-17-39)25-8-4-2-3-5-9-25)21-37-13-12-22-18-23(29(31,32)33)20-24(19-22)30(34,35)36/h6-7,10-11,18-20,25,27,37H,2-5,8-9,12-17,21H2,1H3. The smallest absolute Gasteiger partial charge is 0.416 e. The van der Waals surface area contributed by atoms with Gasteiger partial charge in [-0.3, -0.25) is 9.80 Å². The Morgan fingerprint density at radius 3 is 2.02 bits per heavy atom. The number of ether oxygens (including phenoxy) is 1. The zero-order valence-electron chi connectivity index (χ0n) is 23.0. The highest BCUT2D eigenvalue weighted by atomic mass is 19.4. The molecule has 0 amide bonds. The average Bonchev–Trinajstić information content (AvgIpc) is 3.22. The van der Waals surface area contributed by atoms with Gasteiger partial charge < -0.3 is 10.1 Å². The highest BCUT2D eigenvalue weighted by Gasteiger charge is 2.37. The Bertz CT molecular complexity index is 1040. The molecule has 2 aliphatic rings. The number of nitrogens with one attached hydrogen (secondary N) is 1. The summed E-state index contributed by atoms with van der Waals surface area (Å²) in [6, 6.07) is 10.2.